The van der Waals surface area contributed by atoms with Gasteiger partial charge in [0.2, 0.25) is 0 Å². The van der Waals surface area contributed by atoms with Gasteiger partial charge in [0.15, 0.2) is 0 Å². The van der Waals surface area contributed by atoms with Crippen LogP contribution in [-0.2, 0) is 0 Å². The summed E-state index contributed by atoms with van der Waals surface area (Å²) in [5.41, 5.74) is 1.83. The monoisotopic (exact) mass is 209 g/mol. The fraction of sp³-hybridized carbons (Fsp3) is 0.100. The molecule has 0 fully saturated rings. The van der Waals surface area contributed by atoms with Gasteiger partial charge in [0, 0.05) is 10.6 Å². The highest BCUT2D eigenvalue weighted by Crippen LogP contribution is 2.20. The Bertz CT molecular complexity index is 496. The van der Waals surface area contributed by atoms with Gasteiger partial charge in [-0.2, -0.15) is 0 Å². The Kier molecular flexibility index (Phi) is 2.17. The van der Waals surface area contributed by atoms with Crippen molar-refractivity contribution in [2.45, 2.75) is 6.92 Å². The molecule has 0 unspecified atom stereocenters. The molecule has 1 heterocycles. The molecule has 0 saturated heterocycles. The summed E-state index contributed by atoms with van der Waals surface area (Å²) in [7, 11) is 0. The van der Waals surface area contributed by atoms with E-state index in [0.717, 1.165) is 5.56 Å². The molecule has 1 aromatic carbocycles. The average molecular weight is 210 g/mol. The zero-order chi connectivity index (χ0) is 10.1. The van der Waals surface area contributed by atoms with E-state index in [1.165, 1.54) is 0 Å². The van der Waals surface area contributed by atoms with Crippen LogP contribution < -0.4 is 5.63 Å². The molecule has 2 aromatic rings. The Morgan fingerprint density at radius 2 is 1.93 bits per heavy atom. The molecule has 0 bridgehead atoms. The van der Waals surface area contributed by atoms with E-state index in [-0.39, 0.29) is 5.63 Å². The van der Waals surface area contributed by atoms with Crippen molar-refractivity contribution in [1.29, 1.82) is 0 Å². The van der Waals surface area contributed by atoms with Crippen molar-refractivity contribution in [3.63, 3.8) is 0 Å². The number of halogens is 1. The number of nitrogens with one attached hydrogen (secondary N) is 1. The van der Waals surface area contributed by atoms with Crippen molar-refractivity contribution < 1.29 is 4.52 Å². The molecule has 4 heteroatoms. The van der Waals surface area contributed by atoms with Gasteiger partial charge in [0.05, 0.1) is 11.3 Å². The van der Waals surface area contributed by atoms with Crippen LogP contribution in [0.3, 0.4) is 0 Å². The largest absolute Gasteiger partial charge is 0.360 e. The fourth-order valence-corrected chi connectivity index (χ4v) is 1.37. The third-order valence-electron chi connectivity index (χ3n) is 2.06. The standard InChI is InChI=1S/C10H8ClNO2/c1-6-9(12-14-10(6)13)7-2-4-8(11)5-3-7/h2-5,12H,1H3. The van der Waals surface area contributed by atoms with E-state index in [9.17, 15) is 4.79 Å². The molecule has 0 saturated carbocycles. The number of H-pyrrole nitrogens is 1. The zero-order valence-electron chi connectivity index (χ0n) is 7.50. The van der Waals surface area contributed by atoms with Crippen LogP contribution in [0.25, 0.3) is 11.3 Å². The Morgan fingerprint density at radius 3 is 2.43 bits per heavy atom. The van der Waals surface area contributed by atoms with Crippen LogP contribution in [0.5, 0.6) is 0 Å². The molecule has 0 aliphatic heterocycles. The summed E-state index contributed by atoms with van der Waals surface area (Å²) in [6.07, 6.45) is 0. The van der Waals surface area contributed by atoms with E-state index in [1.807, 2.05) is 12.1 Å². The summed E-state index contributed by atoms with van der Waals surface area (Å²) < 4.78 is 4.67. The molecule has 0 radical (unpaired) electrons. The van der Waals surface area contributed by atoms with Crippen molar-refractivity contribution in [1.82, 2.24) is 5.16 Å². The van der Waals surface area contributed by atoms with Crippen molar-refractivity contribution in [2.75, 3.05) is 0 Å². The minimum absolute atomic E-state index is 0.338. The second-order valence-electron chi connectivity index (χ2n) is 3.00. The van der Waals surface area contributed by atoms with Gasteiger partial charge >= 0.3 is 5.63 Å². The smallest absolute Gasteiger partial charge is 0.338 e. The highest BCUT2D eigenvalue weighted by molar-refractivity contribution is 6.30. The van der Waals surface area contributed by atoms with Crippen LogP contribution in [0.2, 0.25) is 5.02 Å². The van der Waals surface area contributed by atoms with Crippen molar-refractivity contribution >= 4 is 11.6 Å². The first-order valence-corrected chi connectivity index (χ1v) is 4.50. The number of rotatable bonds is 1. The van der Waals surface area contributed by atoms with E-state index in [4.69, 9.17) is 11.6 Å². The Morgan fingerprint density at radius 1 is 1.29 bits per heavy atom. The molecule has 2 rings (SSSR count). The van der Waals surface area contributed by atoms with Gasteiger partial charge in [0.1, 0.15) is 0 Å². The number of benzene rings is 1. The highest BCUT2D eigenvalue weighted by atomic mass is 35.5. The molecule has 0 aliphatic rings. The maximum atomic E-state index is 11.1. The van der Waals surface area contributed by atoms with Gasteiger partial charge in [-0.1, -0.05) is 23.7 Å². The third-order valence-corrected chi connectivity index (χ3v) is 2.31. The summed E-state index contributed by atoms with van der Waals surface area (Å²) in [5, 5.41) is 3.24. The minimum atomic E-state index is -0.338. The van der Waals surface area contributed by atoms with Crippen LogP contribution in [0.15, 0.2) is 33.6 Å². The lowest BCUT2D eigenvalue weighted by Gasteiger charge is -1.97. The maximum Gasteiger partial charge on any atom is 0.360 e. The Hall–Kier alpha value is -1.48. The van der Waals surface area contributed by atoms with Crippen molar-refractivity contribution in [3.8, 4) is 11.3 Å². The highest BCUT2D eigenvalue weighted by Gasteiger charge is 2.08. The molecule has 0 aliphatic carbocycles. The summed E-state index contributed by atoms with van der Waals surface area (Å²) in [6.45, 7) is 1.71. The van der Waals surface area contributed by atoms with Gasteiger partial charge in [0.25, 0.3) is 0 Å². The summed E-state index contributed by atoms with van der Waals surface area (Å²) in [6, 6.07) is 7.19. The van der Waals surface area contributed by atoms with Gasteiger partial charge in [-0.15, -0.1) is 0 Å². The molecule has 1 N–H and O–H groups in total. The average Bonchev–Trinajstić information content (AvgIpc) is 2.50. The van der Waals surface area contributed by atoms with Gasteiger partial charge in [-0.3, -0.25) is 0 Å². The first kappa shape index (κ1) is 9.09. The molecule has 0 amide bonds. The van der Waals surface area contributed by atoms with Crippen LogP contribution in [0.4, 0.5) is 0 Å². The topological polar surface area (TPSA) is 46.0 Å². The predicted octanol–water partition coefficient (Wildman–Crippen LogP) is 2.60. The molecule has 0 atom stereocenters. The molecule has 72 valence electrons. The molecular weight excluding hydrogens is 202 g/mol. The van der Waals surface area contributed by atoms with E-state index >= 15 is 0 Å². The van der Waals surface area contributed by atoms with Crippen molar-refractivity contribution in [3.05, 3.63) is 45.3 Å². The number of aromatic nitrogens is 1. The lowest BCUT2D eigenvalue weighted by molar-refractivity contribution is 0.393. The second-order valence-corrected chi connectivity index (χ2v) is 3.43. The number of hydrogen-bond donors (Lipinski definition) is 1. The number of hydrogen-bond acceptors (Lipinski definition) is 2. The SMILES string of the molecule is Cc1c(-c2ccc(Cl)cc2)[nH]oc1=O. The molecular formula is C10H8ClNO2. The lowest BCUT2D eigenvalue weighted by atomic mass is 10.1. The first-order chi connectivity index (χ1) is 6.68. The van der Waals surface area contributed by atoms with Gasteiger partial charge < -0.3 is 4.52 Å². The number of aromatic amines is 1. The lowest BCUT2D eigenvalue weighted by Crippen LogP contribution is -1.95. The summed E-state index contributed by atoms with van der Waals surface area (Å²) in [5.74, 6) is 0. The fourth-order valence-electron chi connectivity index (χ4n) is 1.24. The Labute approximate surface area is 85.3 Å². The third kappa shape index (κ3) is 1.46. The molecule has 14 heavy (non-hydrogen) atoms. The Balaban J connectivity index is 2.55. The quantitative estimate of drug-likeness (QED) is 0.785. The van der Waals surface area contributed by atoms with Crippen LogP contribution in [-0.4, -0.2) is 5.16 Å². The zero-order valence-corrected chi connectivity index (χ0v) is 8.26. The summed E-state index contributed by atoms with van der Waals surface area (Å²) >= 11 is 5.75. The van der Waals surface area contributed by atoms with E-state index < -0.39 is 0 Å². The van der Waals surface area contributed by atoms with Crippen LogP contribution >= 0.6 is 11.6 Å². The first-order valence-electron chi connectivity index (χ1n) is 4.12. The molecule has 1 aromatic heterocycles. The van der Waals surface area contributed by atoms with Crippen LogP contribution in [0, 0.1) is 6.92 Å². The van der Waals surface area contributed by atoms with E-state index in [1.54, 1.807) is 19.1 Å². The molecule has 0 spiro atoms. The van der Waals surface area contributed by atoms with Crippen LogP contribution in [0.1, 0.15) is 5.56 Å². The summed E-state index contributed by atoms with van der Waals surface area (Å²) in [4.78, 5) is 11.1. The second kappa shape index (κ2) is 3.35. The van der Waals surface area contributed by atoms with E-state index in [2.05, 4.69) is 9.68 Å². The maximum absolute atomic E-state index is 11.1. The predicted molar refractivity (Wildman–Crippen MR) is 54.5 cm³/mol. The normalized spacial score (nSPS) is 10.4. The van der Waals surface area contributed by atoms with Gasteiger partial charge in [-0.25, -0.2) is 9.95 Å². The van der Waals surface area contributed by atoms with Gasteiger partial charge in [-0.05, 0) is 19.1 Å². The molecule has 3 nitrogen and oxygen atoms in total. The minimum Gasteiger partial charge on any atom is -0.338 e. The van der Waals surface area contributed by atoms with Crippen molar-refractivity contribution in [2.24, 2.45) is 0 Å². The van der Waals surface area contributed by atoms with E-state index in [0.29, 0.717) is 16.3 Å².